The van der Waals surface area contributed by atoms with Crippen LogP contribution < -0.4 is 15.4 Å². The summed E-state index contributed by atoms with van der Waals surface area (Å²) in [6, 6.07) is 12.8. The van der Waals surface area contributed by atoms with E-state index in [2.05, 4.69) is 15.6 Å². The molecule has 0 spiro atoms. The van der Waals surface area contributed by atoms with Gasteiger partial charge in [-0.25, -0.2) is 17.8 Å². The smallest absolute Gasteiger partial charge is 0.191 e. The Bertz CT molecular complexity index is 915. The van der Waals surface area contributed by atoms with Gasteiger partial charge < -0.3 is 15.4 Å². The van der Waals surface area contributed by atoms with Gasteiger partial charge >= 0.3 is 0 Å². The van der Waals surface area contributed by atoms with Gasteiger partial charge in [0.15, 0.2) is 15.8 Å². The van der Waals surface area contributed by atoms with Gasteiger partial charge in [-0.05, 0) is 43.2 Å². The van der Waals surface area contributed by atoms with Gasteiger partial charge in [-0.2, -0.15) is 0 Å². The molecule has 0 amide bonds. The van der Waals surface area contributed by atoms with E-state index in [0.29, 0.717) is 31.3 Å². The molecule has 0 radical (unpaired) electrons. The van der Waals surface area contributed by atoms with Crippen molar-refractivity contribution in [2.24, 2.45) is 4.99 Å². The minimum Gasteiger partial charge on any atom is -0.489 e. The minimum atomic E-state index is -3.21. The molecule has 2 aromatic carbocycles. The highest BCUT2D eigenvalue weighted by Gasteiger charge is 2.10. The van der Waals surface area contributed by atoms with Crippen molar-refractivity contribution in [1.82, 2.24) is 10.6 Å². The number of benzene rings is 2. The molecular formula is C21H28FN3O3S. The lowest BCUT2D eigenvalue weighted by atomic mass is 10.2. The molecular weight excluding hydrogens is 393 g/mol. The average molecular weight is 422 g/mol. The van der Waals surface area contributed by atoms with Crippen LogP contribution in [0.1, 0.15) is 25.8 Å². The van der Waals surface area contributed by atoms with Crippen LogP contribution in [-0.2, 0) is 16.4 Å². The molecule has 0 aromatic heterocycles. The minimum absolute atomic E-state index is 0.144. The topological polar surface area (TPSA) is 79.8 Å². The van der Waals surface area contributed by atoms with Gasteiger partial charge in [0.05, 0.1) is 18.0 Å². The highest BCUT2D eigenvalue weighted by atomic mass is 32.2. The normalized spacial score (nSPS) is 13.0. The largest absolute Gasteiger partial charge is 0.489 e. The number of aliphatic imine (C=N–C) groups is 1. The van der Waals surface area contributed by atoms with Gasteiger partial charge in [0.1, 0.15) is 17.7 Å². The van der Waals surface area contributed by atoms with Gasteiger partial charge in [-0.15, -0.1) is 0 Å². The number of halogens is 1. The zero-order valence-electron chi connectivity index (χ0n) is 17.0. The fourth-order valence-corrected chi connectivity index (χ4v) is 3.20. The first-order chi connectivity index (χ1) is 13.8. The molecule has 6 nitrogen and oxygen atoms in total. The van der Waals surface area contributed by atoms with Gasteiger partial charge in [0.2, 0.25) is 0 Å². The van der Waals surface area contributed by atoms with Crippen LogP contribution in [0.5, 0.6) is 5.75 Å². The molecule has 1 atom stereocenters. The van der Waals surface area contributed by atoms with Crippen LogP contribution in [0.25, 0.3) is 0 Å². The maximum atomic E-state index is 13.3. The molecule has 0 aliphatic rings. The zero-order chi connectivity index (χ0) is 21.3. The summed E-state index contributed by atoms with van der Waals surface area (Å²) in [6.45, 7) is 5.57. The molecule has 2 aromatic rings. The monoisotopic (exact) mass is 421 g/mol. The summed E-state index contributed by atoms with van der Waals surface area (Å²) in [5.74, 6) is 0.787. The van der Waals surface area contributed by atoms with E-state index in [0.717, 1.165) is 12.0 Å². The number of ether oxygens (including phenoxy) is 1. The molecule has 2 N–H and O–H groups in total. The molecule has 0 aliphatic heterocycles. The Hall–Kier alpha value is -2.61. The van der Waals surface area contributed by atoms with Crippen molar-refractivity contribution in [3.8, 4) is 5.75 Å². The van der Waals surface area contributed by atoms with E-state index in [1.807, 2.05) is 13.8 Å². The molecule has 2 rings (SSSR count). The van der Waals surface area contributed by atoms with E-state index in [4.69, 9.17) is 4.74 Å². The Balaban J connectivity index is 1.97. The molecule has 0 saturated carbocycles. The Morgan fingerprint density at radius 3 is 2.45 bits per heavy atom. The summed E-state index contributed by atoms with van der Waals surface area (Å²) < 4.78 is 42.3. The molecule has 1 unspecified atom stereocenters. The summed E-state index contributed by atoms with van der Waals surface area (Å²) in [4.78, 5) is 4.82. The van der Waals surface area contributed by atoms with Crippen LogP contribution in [0.2, 0.25) is 0 Å². The number of rotatable bonds is 9. The number of nitrogens with one attached hydrogen (secondary N) is 2. The highest BCUT2D eigenvalue weighted by molar-refractivity contribution is 7.90. The predicted octanol–water partition coefficient (Wildman–Crippen LogP) is 3.14. The van der Waals surface area contributed by atoms with Crippen LogP contribution in [0, 0.1) is 5.82 Å². The second-order valence-electron chi connectivity index (χ2n) is 6.60. The fourth-order valence-electron chi connectivity index (χ4n) is 2.57. The molecule has 158 valence electrons. The lowest BCUT2D eigenvalue weighted by molar-refractivity contribution is 0.198. The standard InChI is InChI=1S/C21H28FN3O3S/c1-4-18(28-19-8-6-7-17(22)13-19)15-25-21(23-5-2)24-14-16-9-11-20(12-10-16)29(3,26)27/h6-13,18H,4-5,14-15H2,1-3H3,(H2,23,24,25). The summed E-state index contributed by atoms with van der Waals surface area (Å²) in [5.41, 5.74) is 0.901. The first kappa shape index (κ1) is 22.7. The fraction of sp³-hybridized carbons (Fsp3) is 0.381. The first-order valence-corrected chi connectivity index (χ1v) is 11.4. The van der Waals surface area contributed by atoms with Crippen LogP contribution >= 0.6 is 0 Å². The predicted molar refractivity (Wildman–Crippen MR) is 113 cm³/mol. The number of hydrogen-bond acceptors (Lipinski definition) is 4. The third-order valence-corrected chi connectivity index (χ3v) is 5.30. The SMILES string of the molecule is CCNC(=NCc1ccc(S(C)(=O)=O)cc1)NCC(CC)Oc1cccc(F)c1. The van der Waals surface area contributed by atoms with Crippen LogP contribution in [0.15, 0.2) is 58.4 Å². The Morgan fingerprint density at radius 1 is 1.14 bits per heavy atom. The third-order valence-electron chi connectivity index (χ3n) is 4.17. The number of nitrogens with zero attached hydrogens (tertiary/aromatic N) is 1. The van der Waals surface area contributed by atoms with Crippen molar-refractivity contribution in [1.29, 1.82) is 0 Å². The van der Waals surface area contributed by atoms with Crippen LogP contribution in [-0.4, -0.2) is 39.8 Å². The maximum Gasteiger partial charge on any atom is 0.191 e. The second-order valence-corrected chi connectivity index (χ2v) is 8.61. The molecule has 29 heavy (non-hydrogen) atoms. The highest BCUT2D eigenvalue weighted by Crippen LogP contribution is 2.15. The lowest BCUT2D eigenvalue weighted by Crippen LogP contribution is -2.42. The summed E-state index contributed by atoms with van der Waals surface area (Å²) in [7, 11) is -3.21. The Kier molecular flexibility index (Phi) is 8.45. The van der Waals surface area contributed by atoms with E-state index in [9.17, 15) is 12.8 Å². The third kappa shape index (κ3) is 7.73. The number of sulfone groups is 1. The van der Waals surface area contributed by atoms with Crippen molar-refractivity contribution in [2.45, 2.75) is 37.8 Å². The van der Waals surface area contributed by atoms with Crippen molar-refractivity contribution in [2.75, 3.05) is 19.3 Å². The van der Waals surface area contributed by atoms with E-state index in [-0.39, 0.29) is 16.8 Å². The molecule has 0 heterocycles. The molecule has 0 saturated heterocycles. The van der Waals surface area contributed by atoms with Crippen LogP contribution in [0.3, 0.4) is 0 Å². The summed E-state index contributed by atoms with van der Waals surface area (Å²) in [5, 5.41) is 6.41. The second kappa shape index (κ2) is 10.8. The van der Waals surface area contributed by atoms with Crippen molar-refractivity contribution < 1.29 is 17.5 Å². The molecule has 0 aliphatic carbocycles. The van der Waals surface area contributed by atoms with Crippen molar-refractivity contribution in [3.05, 3.63) is 59.9 Å². The average Bonchev–Trinajstić information content (AvgIpc) is 2.68. The first-order valence-electron chi connectivity index (χ1n) is 9.55. The van der Waals surface area contributed by atoms with E-state index in [1.54, 1.807) is 36.4 Å². The molecule has 0 fully saturated rings. The maximum absolute atomic E-state index is 13.3. The van der Waals surface area contributed by atoms with E-state index in [1.165, 1.54) is 18.4 Å². The number of hydrogen-bond donors (Lipinski definition) is 2. The Labute approximate surface area is 172 Å². The molecule has 8 heteroatoms. The van der Waals surface area contributed by atoms with Crippen molar-refractivity contribution in [3.63, 3.8) is 0 Å². The zero-order valence-corrected chi connectivity index (χ0v) is 17.8. The van der Waals surface area contributed by atoms with Gasteiger partial charge in [-0.3, -0.25) is 0 Å². The van der Waals surface area contributed by atoms with E-state index < -0.39 is 9.84 Å². The van der Waals surface area contributed by atoms with Gasteiger partial charge in [0, 0.05) is 18.9 Å². The quantitative estimate of drug-likeness (QED) is 0.480. The summed E-state index contributed by atoms with van der Waals surface area (Å²) >= 11 is 0. The van der Waals surface area contributed by atoms with Gasteiger partial charge in [0.25, 0.3) is 0 Å². The summed E-state index contributed by atoms with van der Waals surface area (Å²) in [6.07, 6.45) is 1.79. The van der Waals surface area contributed by atoms with Gasteiger partial charge in [-0.1, -0.05) is 25.1 Å². The Morgan fingerprint density at radius 2 is 1.86 bits per heavy atom. The van der Waals surface area contributed by atoms with Crippen LogP contribution in [0.4, 0.5) is 4.39 Å². The van der Waals surface area contributed by atoms with Crippen molar-refractivity contribution >= 4 is 15.8 Å². The number of guanidine groups is 1. The van der Waals surface area contributed by atoms with E-state index >= 15 is 0 Å². The lowest BCUT2D eigenvalue weighted by Gasteiger charge is -2.20. The molecule has 0 bridgehead atoms.